The van der Waals surface area contributed by atoms with Gasteiger partial charge in [0.05, 0.1) is 5.75 Å². The fraction of sp³-hybridized carbons (Fsp3) is 0.500. The fourth-order valence-corrected chi connectivity index (χ4v) is 2.30. The molecule has 2 N–H and O–H groups in total. The monoisotopic (exact) mass is 275 g/mol. The van der Waals surface area contributed by atoms with E-state index in [1.54, 1.807) is 6.92 Å². The molecule has 0 spiro atoms. The van der Waals surface area contributed by atoms with E-state index in [1.165, 1.54) is 24.5 Å². The van der Waals surface area contributed by atoms with Crippen molar-refractivity contribution in [3.8, 4) is 5.75 Å². The molecule has 1 aromatic rings. The maximum Gasteiger partial charge on any atom is 0.147 e. The van der Waals surface area contributed by atoms with Crippen LogP contribution >= 0.6 is 0 Å². The van der Waals surface area contributed by atoms with Crippen molar-refractivity contribution in [2.24, 2.45) is 0 Å². The summed E-state index contributed by atoms with van der Waals surface area (Å²) in [6.45, 7) is 2.28. The molecule has 6 heteroatoms. The SMILES string of the molecule is CC(NCCCS(C)(=O)=O)c1cc(F)ccc1O. The molecule has 0 fully saturated rings. The Bertz CT molecular complexity index is 502. The number of sulfone groups is 1. The molecular formula is C12H18FNO3S. The summed E-state index contributed by atoms with van der Waals surface area (Å²) in [4.78, 5) is 0. The first-order chi connectivity index (χ1) is 8.29. The van der Waals surface area contributed by atoms with E-state index in [1.807, 2.05) is 0 Å². The van der Waals surface area contributed by atoms with Crippen LogP contribution < -0.4 is 5.32 Å². The van der Waals surface area contributed by atoms with Crippen LogP contribution in [0.4, 0.5) is 4.39 Å². The average Bonchev–Trinajstić information content (AvgIpc) is 2.26. The average molecular weight is 275 g/mol. The standard InChI is InChI=1S/C12H18FNO3S/c1-9(14-6-3-7-18(2,16)17)11-8-10(13)4-5-12(11)15/h4-5,8-9,14-15H,3,6-7H2,1-2H3. The largest absolute Gasteiger partial charge is 0.508 e. The van der Waals surface area contributed by atoms with Crippen molar-refractivity contribution in [3.05, 3.63) is 29.6 Å². The smallest absolute Gasteiger partial charge is 0.147 e. The van der Waals surface area contributed by atoms with Gasteiger partial charge in [-0.3, -0.25) is 0 Å². The number of aromatic hydroxyl groups is 1. The Morgan fingerprint density at radius 3 is 2.72 bits per heavy atom. The van der Waals surface area contributed by atoms with Crippen molar-refractivity contribution in [3.63, 3.8) is 0 Å². The number of phenolic OH excluding ortho intramolecular Hbond substituents is 1. The molecular weight excluding hydrogens is 257 g/mol. The Morgan fingerprint density at radius 1 is 1.44 bits per heavy atom. The van der Waals surface area contributed by atoms with Crippen molar-refractivity contribution < 1.29 is 17.9 Å². The third kappa shape index (κ3) is 5.01. The number of phenols is 1. The lowest BCUT2D eigenvalue weighted by molar-refractivity contribution is 0.449. The van der Waals surface area contributed by atoms with Crippen molar-refractivity contribution in [2.45, 2.75) is 19.4 Å². The summed E-state index contributed by atoms with van der Waals surface area (Å²) >= 11 is 0. The van der Waals surface area contributed by atoms with E-state index < -0.39 is 15.7 Å². The molecule has 1 unspecified atom stereocenters. The summed E-state index contributed by atoms with van der Waals surface area (Å²) in [5, 5.41) is 12.6. The molecule has 18 heavy (non-hydrogen) atoms. The number of hydrogen-bond acceptors (Lipinski definition) is 4. The highest BCUT2D eigenvalue weighted by molar-refractivity contribution is 7.90. The molecule has 102 valence electrons. The zero-order chi connectivity index (χ0) is 13.8. The topological polar surface area (TPSA) is 66.4 Å². The number of nitrogens with one attached hydrogen (secondary N) is 1. The first-order valence-electron chi connectivity index (χ1n) is 5.69. The van der Waals surface area contributed by atoms with Crippen molar-refractivity contribution in [2.75, 3.05) is 18.6 Å². The quantitative estimate of drug-likeness (QED) is 0.774. The zero-order valence-electron chi connectivity index (χ0n) is 10.5. The van der Waals surface area contributed by atoms with Crippen LogP contribution in [-0.4, -0.2) is 32.1 Å². The summed E-state index contributed by atoms with van der Waals surface area (Å²) in [6, 6.07) is 3.53. The first-order valence-corrected chi connectivity index (χ1v) is 7.75. The van der Waals surface area contributed by atoms with Gasteiger partial charge in [0.25, 0.3) is 0 Å². The number of halogens is 1. The molecule has 1 aromatic carbocycles. The molecule has 0 aliphatic heterocycles. The summed E-state index contributed by atoms with van der Waals surface area (Å²) < 4.78 is 34.9. The van der Waals surface area contributed by atoms with Crippen LogP contribution in [0, 0.1) is 5.82 Å². The van der Waals surface area contributed by atoms with Gasteiger partial charge in [-0.2, -0.15) is 0 Å². The van der Waals surface area contributed by atoms with Gasteiger partial charge in [-0.1, -0.05) is 0 Å². The summed E-state index contributed by atoms with van der Waals surface area (Å²) in [6.07, 6.45) is 1.67. The molecule has 0 amide bonds. The lowest BCUT2D eigenvalue weighted by atomic mass is 10.1. The Kier molecular flexibility index (Phi) is 5.10. The third-order valence-electron chi connectivity index (χ3n) is 2.60. The van der Waals surface area contributed by atoms with E-state index in [9.17, 15) is 17.9 Å². The minimum absolute atomic E-state index is 0.0273. The third-order valence-corrected chi connectivity index (χ3v) is 3.63. The molecule has 0 bridgehead atoms. The van der Waals surface area contributed by atoms with Crippen LogP contribution in [0.25, 0.3) is 0 Å². The van der Waals surface area contributed by atoms with E-state index in [-0.39, 0.29) is 17.5 Å². The fourth-order valence-electron chi connectivity index (χ4n) is 1.64. The van der Waals surface area contributed by atoms with Crippen LogP contribution in [0.15, 0.2) is 18.2 Å². The number of hydrogen-bond donors (Lipinski definition) is 2. The first kappa shape index (κ1) is 14.9. The molecule has 0 aliphatic rings. The van der Waals surface area contributed by atoms with Gasteiger partial charge in [0.1, 0.15) is 21.4 Å². The Morgan fingerprint density at radius 2 is 2.11 bits per heavy atom. The van der Waals surface area contributed by atoms with E-state index in [0.717, 1.165) is 0 Å². The van der Waals surface area contributed by atoms with Gasteiger partial charge in [-0.15, -0.1) is 0 Å². The molecule has 0 heterocycles. The lowest BCUT2D eigenvalue weighted by Gasteiger charge is -2.15. The van der Waals surface area contributed by atoms with Crippen LogP contribution in [0.2, 0.25) is 0 Å². The highest BCUT2D eigenvalue weighted by Crippen LogP contribution is 2.24. The Balaban J connectivity index is 2.50. The van der Waals surface area contributed by atoms with E-state index in [4.69, 9.17) is 0 Å². The molecule has 0 radical (unpaired) electrons. The van der Waals surface area contributed by atoms with Crippen molar-refractivity contribution >= 4 is 9.84 Å². The highest BCUT2D eigenvalue weighted by atomic mass is 32.2. The summed E-state index contributed by atoms with van der Waals surface area (Å²) in [5.41, 5.74) is 0.467. The maximum absolute atomic E-state index is 13.0. The van der Waals surface area contributed by atoms with Gasteiger partial charge in [0, 0.05) is 17.9 Å². The summed E-state index contributed by atoms with van der Waals surface area (Å²) in [7, 11) is -2.95. The normalized spacial score (nSPS) is 13.5. The van der Waals surface area contributed by atoms with E-state index >= 15 is 0 Å². The van der Waals surface area contributed by atoms with Crippen molar-refractivity contribution in [1.82, 2.24) is 5.32 Å². The second-order valence-corrected chi connectivity index (χ2v) is 6.62. The Labute approximate surface area is 107 Å². The second kappa shape index (κ2) is 6.15. The van der Waals surface area contributed by atoms with Gasteiger partial charge >= 0.3 is 0 Å². The van der Waals surface area contributed by atoms with Crippen LogP contribution in [0.1, 0.15) is 24.9 Å². The molecule has 4 nitrogen and oxygen atoms in total. The maximum atomic E-state index is 13.0. The molecule has 0 saturated carbocycles. The summed E-state index contributed by atoms with van der Waals surface area (Å²) in [5.74, 6) is -0.269. The Hall–Kier alpha value is -1.14. The van der Waals surface area contributed by atoms with Gasteiger partial charge in [0.15, 0.2) is 0 Å². The predicted octanol–water partition coefficient (Wildman–Crippen LogP) is 1.62. The van der Waals surface area contributed by atoms with Gasteiger partial charge in [-0.25, -0.2) is 12.8 Å². The van der Waals surface area contributed by atoms with Crippen LogP contribution in [0.5, 0.6) is 5.75 Å². The van der Waals surface area contributed by atoms with Gasteiger partial charge < -0.3 is 10.4 Å². The minimum atomic E-state index is -2.95. The highest BCUT2D eigenvalue weighted by Gasteiger charge is 2.11. The molecule has 0 saturated heterocycles. The molecule has 1 rings (SSSR count). The van der Waals surface area contributed by atoms with Crippen molar-refractivity contribution in [1.29, 1.82) is 0 Å². The molecule has 0 aliphatic carbocycles. The second-order valence-electron chi connectivity index (χ2n) is 4.36. The van der Waals surface area contributed by atoms with Gasteiger partial charge in [0.2, 0.25) is 0 Å². The minimum Gasteiger partial charge on any atom is -0.508 e. The lowest BCUT2D eigenvalue weighted by Crippen LogP contribution is -2.22. The molecule has 0 aromatic heterocycles. The molecule has 1 atom stereocenters. The predicted molar refractivity (Wildman–Crippen MR) is 68.8 cm³/mol. The number of rotatable bonds is 6. The number of benzene rings is 1. The van der Waals surface area contributed by atoms with E-state index in [2.05, 4.69) is 5.32 Å². The van der Waals surface area contributed by atoms with E-state index in [0.29, 0.717) is 18.5 Å². The van der Waals surface area contributed by atoms with Gasteiger partial charge in [-0.05, 0) is 38.1 Å². The zero-order valence-corrected chi connectivity index (χ0v) is 11.3. The van der Waals surface area contributed by atoms with Crippen LogP contribution in [-0.2, 0) is 9.84 Å². The van der Waals surface area contributed by atoms with Crippen LogP contribution in [0.3, 0.4) is 0 Å².